The molecule has 2 atom stereocenters. The Morgan fingerprint density at radius 1 is 1.08 bits per heavy atom. The highest BCUT2D eigenvalue weighted by Crippen LogP contribution is 2.32. The molecule has 3 aromatic rings. The van der Waals surface area contributed by atoms with Crippen LogP contribution in [0.1, 0.15) is 62.3 Å². The fourth-order valence-electron chi connectivity index (χ4n) is 4.52. The lowest BCUT2D eigenvalue weighted by Gasteiger charge is -2.18. The van der Waals surface area contributed by atoms with Gasteiger partial charge in [-0.05, 0) is 86.3 Å². The van der Waals surface area contributed by atoms with E-state index < -0.39 is 18.1 Å². The van der Waals surface area contributed by atoms with Crippen molar-refractivity contribution in [1.29, 1.82) is 0 Å². The van der Waals surface area contributed by atoms with Gasteiger partial charge in [0.2, 0.25) is 11.7 Å². The minimum Gasteiger partial charge on any atom is -0.490 e. The van der Waals surface area contributed by atoms with E-state index in [-0.39, 0.29) is 13.0 Å². The van der Waals surface area contributed by atoms with E-state index in [9.17, 15) is 15.0 Å². The zero-order valence-electron chi connectivity index (χ0n) is 23.7. The van der Waals surface area contributed by atoms with Crippen LogP contribution < -0.4 is 10.5 Å². The van der Waals surface area contributed by atoms with Crippen LogP contribution in [-0.2, 0) is 24.2 Å². The molecular weight excluding hydrogens is 496 g/mol. The number of ether oxygens (including phenoxy) is 1. The number of hydrogen-bond acceptors (Lipinski definition) is 8. The molecule has 0 fully saturated rings. The molecule has 0 aliphatic carbocycles. The number of amides is 1. The average Bonchev–Trinajstić information content (AvgIpc) is 3.41. The number of unbranched alkanes of at least 4 members (excludes halogenated alkanes) is 1. The van der Waals surface area contributed by atoms with Gasteiger partial charge in [-0.15, -0.1) is 0 Å². The van der Waals surface area contributed by atoms with Crippen molar-refractivity contribution in [1.82, 2.24) is 15.0 Å². The number of aromatic nitrogens is 2. The molecule has 0 bridgehead atoms. The first kappa shape index (κ1) is 30.3. The van der Waals surface area contributed by atoms with Crippen LogP contribution in [-0.4, -0.2) is 63.6 Å². The van der Waals surface area contributed by atoms with Crippen molar-refractivity contribution in [3.05, 3.63) is 52.6 Å². The summed E-state index contributed by atoms with van der Waals surface area (Å²) in [5, 5.41) is 24.0. The molecule has 2 aromatic carbocycles. The molecule has 3 rings (SSSR count). The molecule has 0 spiro atoms. The van der Waals surface area contributed by atoms with Crippen molar-refractivity contribution in [2.45, 2.75) is 78.6 Å². The van der Waals surface area contributed by atoms with Crippen molar-refractivity contribution >= 4 is 5.91 Å². The van der Waals surface area contributed by atoms with Gasteiger partial charge in [-0.1, -0.05) is 38.4 Å². The molecule has 1 heterocycles. The zero-order chi connectivity index (χ0) is 28.5. The van der Waals surface area contributed by atoms with Crippen LogP contribution in [0.15, 0.2) is 34.9 Å². The maximum absolute atomic E-state index is 11.1. The number of primary amides is 1. The number of nitrogens with zero attached hydrogens (tertiary/aromatic N) is 3. The van der Waals surface area contributed by atoms with Gasteiger partial charge in [-0.25, -0.2) is 0 Å². The van der Waals surface area contributed by atoms with Crippen molar-refractivity contribution < 1.29 is 24.3 Å². The Morgan fingerprint density at radius 2 is 1.82 bits per heavy atom. The fraction of sp³-hybridized carbons (Fsp3) is 0.500. The molecule has 0 saturated carbocycles. The molecule has 1 amide bonds. The monoisotopic (exact) mass is 538 g/mol. The molecule has 1 aromatic heterocycles. The van der Waals surface area contributed by atoms with Gasteiger partial charge in [-0.3, -0.25) is 4.79 Å². The second-order valence-corrected chi connectivity index (χ2v) is 10.2. The van der Waals surface area contributed by atoms with Crippen molar-refractivity contribution in [3.63, 3.8) is 0 Å². The van der Waals surface area contributed by atoms with Gasteiger partial charge < -0.3 is 30.1 Å². The quantitative estimate of drug-likeness (QED) is 0.264. The largest absolute Gasteiger partial charge is 0.490 e. The summed E-state index contributed by atoms with van der Waals surface area (Å²) in [6, 6.07) is 10.3. The number of nitrogens with two attached hydrogens (primary N) is 1. The smallest absolute Gasteiger partial charge is 0.258 e. The molecule has 0 radical (unpaired) electrons. The summed E-state index contributed by atoms with van der Waals surface area (Å²) in [7, 11) is 2.14. The lowest BCUT2D eigenvalue weighted by molar-refractivity contribution is -0.127. The Labute approximate surface area is 231 Å². The van der Waals surface area contributed by atoms with E-state index in [0.29, 0.717) is 23.9 Å². The molecule has 0 aliphatic heterocycles. The average molecular weight is 539 g/mol. The summed E-state index contributed by atoms with van der Waals surface area (Å²) in [5.74, 6) is 0.734. The Hall–Kier alpha value is -3.27. The van der Waals surface area contributed by atoms with Gasteiger partial charge in [0, 0.05) is 24.1 Å². The summed E-state index contributed by atoms with van der Waals surface area (Å²) in [6.45, 7) is 10.1. The maximum atomic E-state index is 11.1. The first-order valence-electron chi connectivity index (χ1n) is 13.7. The third-order valence-corrected chi connectivity index (χ3v) is 6.71. The zero-order valence-corrected chi connectivity index (χ0v) is 23.7. The first-order chi connectivity index (χ1) is 18.6. The minimum atomic E-state index is -1.42. The minimum absolute atomic E-state index is 0.0758. The molecular formula is C30H42N4O5. The van der Waals surface area contributed by atoms with E-state index in [0.717, 1.165) is 41.8 Å². The van der Waals surface area contributed by atoms with E-state index in [4.69, 9.17) is 20.0 Å². The van der Waals surface area contributed by atoms with Crippen LogP contribution >= 0.6 is 0 Å². The van der Waals surface area contributed by atoms with E-state index in [2.05, 4.69) is 49.2 Å². The highest BCUT2D eigenvalue weighted by atomic mass is 16.5. The number of aliphatic hydroxyl groups is 2. The van der Waals surface area contributed by atoms with Gasteiger partial charge in [0.15, 0.2) is 0 Å². The second-order valence-electron chi connectivity index (χ2n) is 10.2. The summed E-state index contributed by atoms with van der Waals surface area (Å²) >= 11 is 0. The molecule has 39 heavy (non-hydrogen) atoms. The van der Waals surface area contributed by atoms with Gasteiger partial charge in [0.1, 0.15) is 18.5 Å². The summed E-state index contributed by atoms with van der Waals surface area (Å²) in [6.07, 6.45) is 1.30. The highest BCUT2D eigenvalue weighted by molar-refractivity contribution is 5.78. The Kier molecular flexibility index (Phi) is 11.0. The van der Waals surface area contributed by atoms with Gasteiger partial charge in [-0.2, -0.15) is 4.98 Å². The highest BCUT2D eigenvalue weighted by Gasteiger charge is 2.20. The van der Waals surface area contributed by atoms with Crippen LogP contribution in [0.25, 0.3) is 22.8 Å². The number of carbonyl (C=O) groups is 1. The Balaban J connectivity index is 1.81. The molecule has 9 nitrogen and oxygen atoms in total. The summed E-state index contributed by atoms with van der Waals surface area (Å²) in [5.41, 5.74) is 11.0. The van der Waals surface area contributed by atoms with Gasteiger partial charge >= 0.3 is 0 Å². The number of aryl methyl sites for hydroxylation is 3. The van der Waals surface area contributed by atoms with E-state index in [1.165, 1.54) is 24.0 Å². The normalized spacial score (nSPS) is 13.0. The SMILES string of the molecule is CCCCN(C)Cc1cc(CC)cc(-c2nc(-c3cc(C)c(OC[C@@H](O)CC(O)C(N)=O)c(CC)c3)no2)c1. The second kappa shape index (κ2) is 14.2. The third kappa shape index (κ3) is 8.36. The van der Waals surface area contributed by atoms with Crippen molar-refractivity contribution in [3.8, 4) is 28.6 Å². The van der Waals surface area contributed by atoms with E-state index >= 15 is 0 Å². The van der Waals surface area contributed by atoms with Crippen LogP contribution in [0.2, 0.25) is 0 Å². The van der Waals surface area contributed by atoms with Crippen LogP contribution in [0.4, 0.5) is 0 Å². The number of benzene rings is 2. The molecule has 9 heteroatoms. The molecule has 212 valence electrons. The summed E-state index contributed by atoms with van der Waals surface area (Å²) in [4.78, 5) is 18.1. The van der Waals surface area contributed by atoms with Crippen LogP contribution in [0.3, 0.4) is 0 Å². The van der Waals surface area contributed by atoms with E-state index in [1.54, 1.807) is 0 Å². The van der Waals surface area contributed by atoms with Crippen molar-refractivity contribution in [2.75, 3.05) is 20.2 Å². The van der Waals surface area contributed by atoms with E-state index in [1.807, 2.05) is 26.0 Å². The molecule has 1 unspecified atom stereocenters. The van der Waals surface area contributed by atoms with Gasteiger partial charge in [0.25, 0.3) is 5.89 Å². The standard InChI is InChI=1S/C30H42N4O5/c1-6-9-10-34(5)17-21-12-20(7-2)13-24(14-21)30-32-29(33-39-30)23-11-19(4)27(22(8-3)15-23)38-18-25(35)16-26(36)28(31)37/h11-15,25-26,35-36H,6-10,16-18H2,1-5H3,(H2,31,37)/t25-,26?/m0/s1. The predicted molar refractivity (Wildman–Crippen MR) is 151 cm³/mol. The first-order valence-corrected chi connectivity index (χ1v) is 13.7. The predicted octanol–water partition coefficient (Wildman–Crippen LogP) is 4.04. The lowest BCUT2D eigenvalue weighted by Crippen LogP contribution is -2.33. The molecule has 0 saturated heterocycles. The topological polar surface area (TPSA) is 135 Å². The third-order valence-electron chi connectivity index (χ3n) is 6.71. The van der Waals surface area contributed by atoms with Crippen molar-refractivity contribution in [2.24, 2.45) is 5.73 Å². The summed E-state index contributed by atoms with van der Waals surface area (Å²) < 4.78 is 11.6. The Morgan fingerprint density at radius 3 is 2.49 bits per heavy atom. The number of hydrogen-bond donors (Lipinski definition) is 3. The van der Waals surface area contributed by atoms with Crippen LogP contribution in [0.5, 0.6) is 5.75 Å². The molecule has 4 N–H and O–H groups in total. The number of aliphatic hydroxyl groups excluding tert-OH is 2. The fourth-order valence-corrected chi connectivity index (χ4v) is 4.52. The molecule has 0 aliphatic rings. The lowest BCUT2D eigenvalue weighted by atomic mass is 10.0. The Bertz CT molecular complexity index is 1240. The number of carbonyl (C=O) groups excluding carboxylic acids is 1. The maximum Gasteiger partial charge on any atom is 0.258 e. The number of rotatable bonds is 15. The van der Waals surface area contributed by atoms with Gasteiger partial charge in [0.05, 0.1) is 6.10 Å². The van der Waals surface area contributed by atoms with Crippen LogP contribution in [0, 0.1) is 6.92 Å².